The summed E-state index contributed by atoms with van der Waals surface area (Å²) in [6.07, 6.45) is 4.64. The molecule has 0 amide bonds. The van der Waals surface area contributed by atoms with Crippen LogP contribution >= 0.6 is 12.4 Å². The molecule has 0 saturated heterocycles. The number of pyridine rings is 2. The van der Waals surface area contributed by atoms with Gasteiger partial charge in [0.25, 0.3) is 0 Å². The lowest BCUT2D eigenvalue weighted by molar-refractivity contribution is 0.321. The number of aromatic nitrogens is 2. The molecule has 2 aromatic heterocycles. The average Bonchev–Trinajstić information content (AvgIpc) is 2.39. The van der Waals surface area contributed by atoms with Gasteiger partial charge < -0.3 is 5.21 Å². The summed E-state index contributed by atoms with van der Waals surface area (Å²) in [6, 6.07) is 9.02. The topological polar surface area (TPSA) is 58.4 Å². The standard InChI is InChI=1S/C13H9N3O.ClH/c17-15-10-13-5-1-4-12(16-13)7-6-11-3-2-8-14-9-11;/h1-5,8-10,17H;1H. The van der Waals surface area contributed by atoms with Gasteiger partial charge in [-0.3, -0.25) is 4.98 Å². The molecule has 2 rings (SSSR count). The fraction of sp³-hybridized carbons (Fsp3) is 0. The van der Waals surface area contributed by atoms with E-state index < -0.39 is 0 Å². The molecule has 90 valence electrons. The summed E-state index contributed by atoms with van der Waals surface area (Å²) in [6.45, 7) is 0. The highest BCUT2D eigenvalue weighted by atomic mass is 35.5. The predicted molar refractivity (Wildman–Crippen MR) is 71.1 cm³/mol. The molecule has 5 heteroatoms. The molecule has 0 aliphatic heterocycles. The second-order valence-electron chi connectivity index (χ2n) is 3.18. The van der Waals surface area contributed by atoms with E-state index in [-0.39, 0.29) is 12.4 Å². The number of halogens is 1. The monoisotopic (exact) mass is 259 g/mol. The molecule has 0 aliphatic rings. The van der Waals surface area contributed by atoms with E-state index in [2.05, 4.69) is 27.0 Å². The van der Waals surface area contributed by atoms with Gasteiger partial charge in [-0.05, 0) is 30.2 Å². The van der Waals surface area contributed by atoms with Crippen LogP contribution in [0.15, 0.2) is 47.9 Å². The van der Waals surface area contributed by atoms with Crippen molar-refractivity contribution in [2.24, 2.45) is 5.16 Å². The molecule has 0 aromatic carbocycles. The molecule has 1 N–H and O–H groups in total. The van der Waals surface area contributed by atoms with E-state index >= 15 is 0 Å². The number of nitrogens with zero attached hydrogens (tertiary/aromatic N) is 3. The third-order valence-electron chi connectivity index (χ3n) is 1.96. The number of hydrogen-bond acceptors (Lipinski definition) is 4. The minimum Gasteiger partial charge on any atom is -0.411 e. The Hall–Kier alpha value is -2.38. The quantitative estimate of drug-likeness (QED) is 0.369. The third kappa shape index (κ3) is 3.89. The Kier molecular flexibility index (Phi) is 5.36. The van der Waals surface area contributed by atoms with Gasteiger partial charge in [0.15, 0.2) is 0 Å². The summed E-state index contributed by atoms with van der Waals surface area (Å²) in [5, 5.41) is 11.3. The van der Waals surface area contributed by atoms with Crippen molar-refractivity contribution in [1.29, 1.82) is 0 Å². The molecule has 18 heavy (non-hydrogen) atoms. The first-order valence-electron chi connectivity index (χ1n) is 4.95. The molecule has 0 saturated carbocycles. The molecule has 0 spiro atoms. The Balaban J connectivity index is 0.00000162. The molecule has 0 fully saturated rings. The Morgan fingerprint density at radius 1 is 1.17 bits per heavy atom. The summed E-state index contributed by atoms with van der Waals surface area (Å²) in [4.78, 5) is 8.14. The number of oxime groups is 1. The summed E-state index contributed by atoms with van der Waals surface area (Å²) in [7, 11) is 0. The zero-order valence-electron chi connectivity index (χ0n) is 9.32. The molecule has 4 nitrogen and oxygen atoms in total. The molecule has 2 aromatic rings. The Bertz CT molecular complexity index is 588. The van der Waals surface area contributed by atoms with Crippen LogP contribution in [-0.2, 0) is 0 Å². The summed E-state index contributed by atoms with van der Waals surface area (Å²) in [5.74, 6) is 5.86. The minimum absolute atomic E-state index is 0. The van der Waals surface area contributed by atoms with Gasteiger partial charge in [-0.1, -0.05) is 17.1 Å². The van der Waals surface area contributed by atoms with E-state index in [1.807, 2.05) is 12.1 Å². The fourth-order valence-corrected chi connectivity index (χ4v) is 1.23. The average molecular weight is 260 g/mol. The van der Waals surface area contributed by atoms with Gasteiger partial charge in [0.05, 0.1) is 11.9 Å². The summed E-state index contributed by atoms with van der Waals surface area (Å²) >= 11 is 0. The van der Waals surface area contributed by atoms with Gasteiger partial charge >= 0.3 is 0 Å². The first kappa shape index (κ1) is 13.7. The Morgan fingerprint density at radius 2 is 2.06 bits per heavy atom. The summed E-state index contributed by atoms with van der Waals surface area (Å²) in [5.41, 5.74) is 2.01. The second-order valence-corrected chi connectivity index (χ2v) is 3.18. The molecular weight excluding hydrogens is 250 g/mol. The largest absolute Gasteiger partial charge is 0.411 e. The molecule has 2 heterocycles. The van der Waals surface area contributed by atoms with Crippen molar-refractivity contribution < 1.29 is 5.21 Å². The molecule has 0 atom stereocenters. The maximum atomic E-state index is 8.40. The summed E-state index contributed by atoms with van der Waals surface area (Å²) < 4.78 is 0. The third-order valence-corrected chi connectivity index (χ3v) is 1.96. The molecule has 0 bridgehead atoms. The van der Waals surface area contributed by atoms with Crippen molar-refractivity contribution in [3.8, 4) is 11.8 Å². The van der Waals surface area contributed by atoms with Crippen LogP contribution in [0.2, 0.25) is 0 Å². The van der Waals surface area contributed by atoms with Crippen LogP contribution < -0.4 is 0 Å². The van der Waals surface area contributed by atoms with E-state index in [0.717, 1.165) is 5.56 Å². The highest BCUT2D eigenvalue weighted by Gasteiger charge is 1.92. The van der Waals surface area contributed by atoms with Crippen LogP contribution in [0, 0.1) is 11.8 Å². The molecular formula is C13H10ClN3O. The first-order chi connectivity index (χ1) is 8.38. The fourth-order valence-electron chi connectivity index (χ4n) is 1.23. The lowest BCUT2D eigenvalue weighted by Gasteiger charge is -1.92. The van der Waals surface area contributed by atoms with Gasteiger partial charge in [-0.15, -0.1) is 12.4 Å². The van der Waals surface area contributed by atoms with Gasteiger partial charge in [0.2, 0.25) is 0 Å². The lowest BCUT2D eigenvalue weighted by Crippen LogP contribution is -1.90. The molecule has 0 aliphatic carbocycles. The van der Waals surface area contributed by atoms with Gasteiger partial charge in [-0.25, -0.2) is 4.98 Å². The smallest absolute Gasteiger partial charge is 0.114 e. The zero-order valence-corrected chi connectivity index (χ0v) is 10.1. The van der Waals surface area contributed by atoms with E-state index in [0.29, 0.717) is 11.4 Å². The highest BCUT2D eigenvalue weighted by molar-refractivity contribution is 5.85. The number of hydrogen-bond donors (Lipinski definition) is 1. The van der Waals surface area contributed by atoms with Crippen molar-refractivity contribution in [2.45, 2.75) is 0 Å². The van der Waals surface area contributed by atoms with Crippen LogP contribution in [0.5, 0.6) is 0 Å². The normalized spacial score (nSPS) is 9.33. The maximum Gasteiger partial charge on any atom is 0.114 e. The van der Waals surface area contributed by atoms with Gasteiger partial charge in [0, 0.05) is 18.0 Å². The SMILES string of the molecule is Cl.ON=Cc1cccc(C#Cc2cccnc2)n1. The maximum absolute atomic E-state index is 8.40. The van der Waals surface area contributed by atoms with Crippen LogP contribution in [0.1, 0.15) is 17.0 Å². The second kappa shape index (κ2) is 7.05. The van der Waals surface area contributed by atoms with Crippen molar-refractivity contribution in [3.63, 3.8) is 0 Å². The Morgan fingerprint density at radius 3 is 2.78 bits per heavy atom. The van der Waals surface area contributed by atoms with Gasteiger partial charge in [0.1, 0.15) is 5.69 Å². The number of rotatable bonds is 1. The van der Waals surface area contributed by atoms with Crippen LogP contribution in [-0.4, -0.2) is 21.4 Å². The minimum atomic E-state index is 0. The molecule has 0 unspecified atom stereocenters. The van der Waals surface area contributed by atoms with E-state index in [1.54, 1.807) is 30.6 Å². The predicted octanol–water partition coefficient (Wildman–Crippen LogP) is 2.11. The van der Waals surface area contributed by atoms with E-state index in [9.17, 15) is 0 Å². The van der Waals surface area contributed by atoms with E-state index in [4.69, 9.17) is 5.21 Å². The van der Waals surface area contributed by atoms with E-state index in [1.165, 1.54) is 6.21 Å². The highest BCUT2D eigenvalue weighted by Crippen LogP contribution is 1.97. The zero-order chi connectivity index (χ0) is 11.9. The molecule has 0 radical (unpaired) electrons. The Labute approximate surface area is 111 Å². The van der Waals surface area contributed by atoms with Crippen LogP contribution in [0.25, 0.3) is 0 Å². The van der Waals surface area contributed by atoms with Crippen LogP contribution in [0.3, 0.4) is 0 Å². The van der Waals surface area contributed by atoms with Crippen molar-refractivity contribution in [1.82, 2.24) is 9.97 Å². The van der Waals surface area contributed by atoms with Crippen molar-refractivity contribution in [3.05, 3.63) is 59.7 Å². The van der Waals surface area contributed by atoms with Gasteiger partial charge in [-0.2, -0.15) is 0 Å². The van der Waals surface area contributed by atoms with Crippen molar-refractivity contribution in [2.75, 3.05) is 0 Å². The van der Waals surface area contributed by atoms with Crippen LogP contribution in [0.4, 0.5) is 0 Å². The first-order valence-corrected chi connectivity index (χ1v) is 4.95. The van der Waals surface area contributed by atoms with Crippen molar-refractivity contribution >= 4 is 18.6 Å². The lowest BCUT2D eigenvalue weighted by atomic mass is 10.2.